The van der Waals surface area contributed by atoms with Gasteiger partial charge in [0.25, 0.3) is 0 Å². The van der Waals surface area contributed by atoms with Crippen LogP contribution in [0.5, 0.6) is 5.75 Å². The fraction of sp³-hybridized carbons (Fsp3) is 0.385. The maximum atomic E-state index is 12.4. The molecule has 0 spiro atoms. The fourth-order valence-electron chi connectivity index (χ4n) is 6.68. The molecule has 0 saturated carbocycles. The molecule has 0 bridgehead atoms. The van der Waals surface area contributed by atoms with E-state index in [1.165, 1.54) is 12.1 Å². The molecular weight excluding hydrogens is 616 g/mol. The largest absolute Gasteiger partial charge is 0.507 e. The van der Waals surface area contributed by atoms with Crippen molar-refractivity contribution in [3.63, 3.8) is 0 Å². The number of para-hydroxylation sites is 1. The Bertz CT molecular complexity index is 1590. The highest BCUT2D eigenvalue weighted by Gasteiger charge is 2.28. The van der Waals surface area contributed by atoms with Crippen molar-refractivity contribution >= 4 is 40.8 Å². The molecule has 0 aliphatic carbocycles. The van der Waals surface area contributed by atoms with E-state index in [1.54, 1.807) is 25.2 Å². The van der Waals surface area contributed by atoms with E-state index < -0.39 is 5.91 Å². The number of carbonyl (C=O) groups excluding carboxylic acids is 3. The maximum Gasteiger partial charge on any atom is 0.249 e. The number of likely N-dealkylation sites (N-methyl/N-ethyl adjacent to an activating group) is 1. The molecule has 10 heteroatoms. The first-order valence-electron chi connectivity index (χ1n) is 17.3. The third-order valence-corrected chi connectivity index (χ3v) is 9.38. The first kappa shape index (κ1) is 36.9. The highest BCUT2D eigenvalue weighted by molar-refractivity contribution is 6.26. The zero-order valence-electron chi connectivity index (χ0n) is 28.9. The molecule has 49 heavy (non-hydrogen) atoms. The van der Waals surface area contributed by atoms with Gasteiger partial charge in [0.15, 0.2) is 0 Å². The van der Waals surface area contributed by atoms with Crippen molar-refractivity contribution in [3.8, 4) is 5.75 Å². The Kier molecular flexibility index (Phi) is 13.5. The van der Waals surface area contributed by atoms with Gasteiger partial charge in [0.2, 0.25) is 11.8 Å². The molecule has 2 aliphatic heterocycles. The quantitative estimate of drug-likeness (QED) is 0.122. The number of aromatic hydroxyl groups is 1. The lowest BCUT2D eigenvalue weighted by Gasteiger charge is -2.44. The highest BCUT2D eigenvalue weighted by atomic mass is 16.3. The molecule has 3 aromatic carbocycles. The summed E-state index contributed by atoms with van der Waals surface area (Å²) in [6.07, 6.45) is 5.28. The minimum absolute atomic E-state index is 0.0141. The number of anilines is 2. The van der Waals surface area contributed by atoms with E-state index in [9.17, 15) is 19.5 Å². The average Bonchev–Trinajstić information content (AvgIpc) is 3.15. The fourth-order valence-corrected chi connectivity index (χ4v) is 6.68. The predicted octanol–water partition coefficient (Wildman–Crippen LogP) is 4.95. The Balaban J connectivity index is 0.00000265. The second-order valence-corrected chi connectivity index (χ2v) is 12.1. The smallest absolute Gasteiger partial charge is 0.249 e. The molecule has 2 heterocycles. The van der Waals surface area contributed by atoms with Gasteiger partial charge in [-0.3, -0.25) is 14.5 Å². The van der Waals surface area contributed by atoms with Gasteiger partial charge in [0.1, 0.15) is 12.0 Å². The van der Waals surface area contributed by atoms with Crippen molar-refractivity contribution in [2.75, 3.05) is 56.1 Å². The van der Waals surface area contributed by atoms with Gasteiger partial charge in [-0.05, 0) is 72.9 Å². The Morgan fingerprint density at radius 2 is 1.47 bits per heavy atom. The summed E-state index contributed by atoms with van der Waals surface area (Å²) in [4.78, 5) is 42.9. The summed E-state index contributed by atoms with van der Waals surface area (Å²) in [5, 5.41) is 21.2. The molecule has 5 N–H and O–H groups in total. The van der Waals surface area contributed by atoms with Gasteiger partial charge in [0.05, 0.1) is 11.6 Å². The number of rotatable bonds is 12. The number of nitrogens with one attached hydrogen (secondary N) is 2. The van der Waals surface area contributed by atoms with Crippen molar-refractivity contribution in [2.24, 2.45) is 5.73 Å². The monoisotopic (exact) mass is 666 g/mol. The molecule has 1 atom stereocenters. The number of piperazine rings is 1. The number of aldehydes is 1. The van der Waals surface area contributed by atoms with Crippen LogP contribution in [0.4, 0.5) is 11.4 Å². The summed E-state index contributed by atoms with van der Waals surface area (Å²) < 4.78 is 0. The summed E-state index contributed by atoms with van der Waals surface area (Å²) in [7, 11) is 1.63. The van der Waals surface area contributed by atoms with Crippen LogP contribution in [0.1, 0.15) is 62.1 Å². The van der Waals surface area contributed by atoms with Gasteiger partial charge in [0, 0.05) is 81.3 Å². The Labute approximate surface area is 290 Å². The number of carbonyl (C=O) groups is 3. The van der Waals surface area contributed by atoms with Crippen LogP contribution in [0.2, 0.25) is 0 Å². The van der Waals surface area contributed by atoms with Gasteiger partial charge in [-0.15, -0.1) is 0 Å². The lowest BCUT2D eigenvalue weighted by Crippen LogP contribution is -2.53. The highest BCUT2D eigenvalue weighted by Crippen LogP contribution is 2.28. The summed E-state index contributed by atoms with van der Waals surface area (Å²) in [5.74, 6) is -1.03. The number of allylic oxidation sites excluding steroid dienone is 1. The van der Waals surface area contributed by atoms with Gasteiger partial charge >= 0.3 is 0 Å². The van der Waals surface area contributed by atoms with Crippen molar-refractivity contribution in [1.82, 2.24) is 10.2 Å². The van der Waals surface area contributed by atoms with Gasteiger partial charge in [-0.2, -0.15) is 0 Å². The SMILES string of the molecule is CC.CNC(=O)C(CCC=O)c1ccc(N2CCN(C3CCN(c4ccc(/C(=C/C(=N)c5ccccc5O)C(N)=O)cc4)CC3)CC2)cc1. The van der Waals surface area contributed by atoms with Crippen LogP contribution >= 0.6 is 0 Å². The first-order valence-corrected chi connectivity index (χ1v) is 17.3. The van der Waals surface area contributed by atoms with Gasteiger partial charge in [-0.25, -0.2) is 0 Å². The van der Waals surface area contributed by atoms with Crippen molar-refractivity contribution < 1.29 is 19.5 Å². The molecule has 0 radical (unpaired) electrons. The van der Waals surface area contributed by atoms with Crippen LogP contribution in [-0.4, -0.2) is 86.2 Å². The number of nitrogens with zero attached hydrogens (tertiary/aromatic N) is 3. The summed E-state index contributed by atoms with van der Waals surface area (Å²) >= 11 is 0. The van der Waals surface area contributed by atoms with E-state index in [0.717, 1.165) is 75.3 Å². The third kappa shape index (κ3) is 9.35. The van der Waals surface area contributed by atoms with Crippen LogP contribution < -0.4 is 20.9 Å². The molecule has 3 aromatic rings. The summed E-state index contributed by atoms with van der Waals surface area (Å²) in [6.45, 7) is 9.78. The van der Waals surface area contributed by atoms with Crippen LogP contribution in [0, 0.1) is 5.41 Å². The molecule has 0 aromatic heterocycles. The van der Waals surface area contributed by atoms with Crippen molar-refractivity contribution in [1.29, 1.82) is 5.41 Å². The maximum absolute atomic E-state index is 12.4. The number of primary amides is 1. The normalized spacial score (nSPS) is 16.3. The van der Waals surface area contributed by atoms with Crippen molar-refractivity contribution in [3.05, 3.63) is 95.6 Å². The number of amides is 2. The number of piperidine rings is 1. The molecule has 5 rings (SSSR count). The predicted molar refractivity (Wildman–Crippen MR) is 197 cm³/mol. The molecule has 1 unspecified atom stereocenters. The lowest BCUT2D eigenvalue weighted by atomic mass is 9.93. The molecule has 2 amide bonds. The van der Waals surface area contributed by atoms with E-state index >= 15 is 0 Å². The number of nitrogens with two attached hydrogens (primary N) is 1. The van der Waals surface area contributed by atoms with E-state index in [1.807, 2.05) is 50.2 Å². The van der Waals surface area contributed by atoms with E-state index in [2.05, 4.69) is 32.1 Å². The molecule has 260 valence electrons. The Morgan fingerprint density at radius 1 is 0.898 bits per heavy atom. The number of phenols is 1. The van der Waals surface area contributed by atoms with Crippen LogP contribution in [0.3, 0.4) is 0 Å². The minimum atomic E-state index is -0.628. The molecule has 2 aliphatic rings. The third-order valence-electron chi connectivity index (χ3n) is 9.38. The Hall–Kier alpha value is -4.96. The second-order valence-electron chi connectivity index (χ2n) is 12.1. The average molecular weight is 667 g/mol. The zero-order valence-corrected chi connectivity index (χ0v) is 28.9. The zero-order chi connectivity index (χ0) is 35.3. The van der Waals surface area contributed by atoms with E-state index in [0.29, 0.717) is 30.0 Å². The minimum Gasteiger partial charge on any atom is -0.507 e. The number of hydrogen-bond donors (Lipinski definition) is 4. The van der Waals surface area contributed by atoms with Crippen molar-refractivity contribution in [2.45, 2.75) is 51.5 Å². The van der Waals surface area contributed by atoms with Crippen LogP contribution in [-0.2, 0) is 14.4 Å². The molecular formula is C39H50N6O4. The number of benzene rings is 3. The molecule has 2 fully saturated rings. The van der Waals surface area contributed by atoms with E-state index in [4.69, 9.17) is 11.1 Å². The number of phenolic OH excluding ortho intramolecular Hbond substituents is 1. The lowest BCUT2D eigenvalue weighted by molar-refractivity contribution is -0.122. The first-order chi connectivity index (χ1) is 23.8. The Morgan fingerprint density at radius 3 is 2.02 bits per heavy atom. The summed E-state index contributed by atoms with van der Waals surface area (Å²) in [5.41, 5.74) is 10.1. The standard InChI is InChI=1S/C37H44N6O4.C2H6/c1-40-37(47)31(6-4-24-44)26-8-12-29(13-9-26)42-20-22-43(23-21-42)30-16-18-41(19-17-30)28-14-10-27(11-15-28)33(36(39)46)25-34(38)32-5-2-3-7-35(32)45;1-2/h2-3,5,7-15,24-25,30-31,38,45H,4,6,16-23H2,1H3,(H2,39,46)(H,40,47);1-2H3/b33-25-,38-34?;. The topological polar surface area (TPSA) is 143 Å². The van der Waals surface area contributed by atoms with Crippen LogP contribution in [0.25, 0.3) is 5.57 Å². The molecule has 2 saturated heterocycles. The number of hydrogen-bond acceptors (Lipinski definition) is 8. The van der Waals surface area contributed by atoms with Crippen LogP contribution in [0.15, 0.2) is 78.9 Å². The summed E-state index contributed by atoms with van der Waals surface area (Å²) in [6, 6.07) is 23.0. The van der Waals surface area contributed by atoms with Gasteiger partial charge < -0.3 is 36.2 Å². The molecule has 10 nitrogen and oxygen atoms in total. The van der Waals surface area contributed by atoms with Gasteiger partial charge in [-0.1, -0.05) is 50.2 Å². The second kappa shape index (κ2) is 18.0. The van der Waals surface area contributed by atoms with E-state index in [-0.39, 0.29) is 28.9 Å².